The number of furan rings is 1. The SMILES string of the molecule is CC(=O)Nc1ccc(CNC(=O)c2oc3c(c2C)C(=O)CC(C)(C)C3)cc1. The summed E-state index contributed by atoms with van der Waals surface area (Å²) in [6.45, 7) is 7.58. The monoisotopic (exact) mass is 368 g/mol. The number of Topliss-reactive ketones (excluding diaryl/α,β-unsaturated/α-hetero) is 1. The Balaban J connectivity index is 1.70. The fourth-order valence-corrected chi connectivity index (χ4v) is 3.47. The van der Waals surface area contributed by atoms with E-state index in [0.29, 0.717) is 42.0 Å². The van der Waals surface area contributed by atoms with Crippen LogP contribution in [0.1, 0.15) is 65.0 Å². The Morgan fingerprint density at radius 2 is 1.81 bits per heavy atom. The molecule has 1 aromatic carbocycles. The normalized spacial score (nSPS) is 15.2. The first-order chi connectivity index (χ1) is 12.7. The molecule has 0 spiro atoms. The van der Waals surface area contributed by atoms with Crippen molar-refractivity contribution in [3.05, 3.63) is 52.5 Å². The zero-order valence-electron chi connectivity index (χ0n) is 16.1. The fraction of sp³-hybridized carbons (Fsp3) is 0.381. The number of hydrogen-bond acceptors (Lipinski definition) is 4. The molecule has 0 radical (unpaired) electrons. The van der Waals surface area contributed by atoms with Crippen molar-refractivity contribution in [1.29, 1.82) is 0 Å². The molecule has 2 amide bonds. The molecule has 6 nitrogen and oxygen atoms in total. The highest BCUT2D eigenvalue weighted by Gasteiger charge is 2.36. The molecule has 142 valence electrons. The summed E-state index contributed by atoms with van der Waals surface area (Å²) in [7, 11) is 0. The lowest BCUT2D eigenvalue weighted by Crippen LogP contribution is -2.26. The van der Waals surface area contributed by atoms with Gasteiger partial charge in [0.1, 0.15) is 5.76 Å². The van der Waals surface area contributed by atoms with E-state index in [1.165, 1.54) is 6.92 Å². The summed E-state index contributed by atoms with van der Waals surface area (Å²) in [5.41, 5.74) is 2.62. The molecule has 0 atom stereocenters. The number of benzene rings is 1. The quantitative estimate of drug-likeness (QED) is 0.862. The molecule has 1 aliphatic rings. The van der Waals surface area contributed by atoms with Gasteiger partial charge < -0.3 is 15.1 Å². The van der Waals surface area contributed by atoms with Crippen molar-refractivity contribution < 1.29 is 18.8 Å². The highest BCUT2D eigenvalue weighted by Crippen LogP contribution is 2.38. The van der Waals surface area contributed by atoms with E-state index in [4.69, 9.17) is 4.42 Å². The molecule has 1 aromatic heterocycles. The molecule has 0 saturated heterocycles. The van der Waals surface area contributed by atoms with Crippen molar-refractivity contribution in [2.75, 3.05) is 5.32 Å². The first-order valence-electron chi connectivity index (χ1n) is 8.96. The molecule has 0 aliphatic heterocycles. The van der Waals surface area contributed by atoms with Gasteiger partial charge in [-0.25, -0.2) is 0 Å². The van der Waals surface area contributed by atoms with Crippen LogP contribution < -0.4 is 10.6 Å². The lowest BCUT2D eigenvalue weighted by molar-refractivity contribution is -0.114. The summed E-state index contributed by atoms with van der Waals surface area (Å²) in [6.07, 6.45) is 1.11. The number of carbonyl (C=O) groups is 3. The van der Waals surface area contributed by atoms with E-state index in [-0.39, 0.29) is 28.8 Å². The van der Waals surface area contributed by atoms with Crippen molar-refractivity contribution in [3.63, 3.8) is 0 Å². The second kappa shape index (κ2) is 7.02. The van der Waals surface area contributed by atoms with Crippen LogP contribution in [-0.4, -0.2) is 17.6 Å². The van der Waals surface area contributed by atoms with E-state index < -0.39 is 0 Å². The Morgan fingerprint density at radius 3 is 2.44 bits per heavy atom. The third kappa shape index (κ3) is 4.10. The second-order valence-electron chi connectivity index (χ2n) is 7.86. The lowest BCUT2D eigenvalue weighted by Gasteiger charge is -2.27. The van der Waals surface area contributed by atoms with Gasteiger partial charge in [-0.05, 0) is 30.0 Å². The van der Waals surface area contributed by atoms with Crippen LogP contribution in [-0.2, 0) is 17.8 Å². The summed E-state index contributed by atoms with van der Waals surface area (Å²) >= 11 is 0. The Hall–Kier alpha value is -2.89. The van der Waals surface area contributed by atoms with Crippen molar-refractivity contribution in [1.82, 2.24) is 5.32 Å². The predicted octanol–water partition coefficient (Wildman–Crippen LogP) is 3.63. The maximum absolute atomic E-state index is 12.6. The molecule has 27 heavy (non-hydrogen) atoms. The second-order valence-corrected chi connectivity index (χ2v) is 7.86. The van der Waals surface area contributed by atoms with Gasteiger partial charge in [-0.15, -0.1) is 0 Å². The van der Waals surface area contributed by atoms with Crippen LogP contribution in [0.25, 0.3) is 0 Å². The van der Waals surface area contributed by atoms with E-state index in [1.807, 2.05) is 26.0 Å². The standard InChI is InChI=1S/C21H24N2O4/c1-12-18-16(25)9-21(3,4)10-17(18)27-19(12)20(26)22-11-14-5-7-15(8-6-14)23-13(2)24/h5-8H,9-11H2,1-4H3,(H,22,26)(H,23,24). The van der Waals surface area contributed by atoms with E-state index in [2.05, 4.69) is 10.6 Å². The average Bonchev–Trinajstić information content (AvgIpc) is 2.88. The Labute approximate surface area is 158 Å². The van der Waals surface area contributed by atoms with Crippen LogP contribution in [0.4, 0.5) is 5.69 Å². The summed E-state index contributed by atoms with van der Waals surface area (Å²) in [6, 6.07) is 7.22. The van der Waals surface area contributed by atoms with Crippen molar-refractivity contribution in [3.8, 4) is 0 Å². The number of carbonyl (C=O) groups excluding carboxylic acids is 3. The molecule has 1 aliphatic carbocycles. The number of rotatable bonds is 4. The number of nitrogens with one attached hydrogen (secondary N) is 2. The molecule has 1 heterocycles. The van der Waals surface area contributed by atoms with Gasteiger partial charge in [-0.1, -0.05) is 26.0 Å². The van der Waals surface area contributed by atoms with Gasteiger partial charge in [-0.2, -0.15) is 0 Å². The molecule has 2 aromatic rings. The van der Waals surface area contributed by atoms with E-state index in [9.17, 15) is 14.4 Å². The molecule has 0 bridgehead atoms. The van der Waals surface area contributed by atoms with E-state index in [1.54, 1.807) is 19.1 Å². The topological polar surface area (TPSA) is 88.4 Å². The predicted molar refractivity (Wildman–Crippen MR) is 102 cm³/mol. The molecule has 0 saturated carbocycles. The lowest BCUT2D eigenvalue weighted by atomic mass is 9.76. The molecular weight excluding hydrogens is 344 g/mol. The van der Waals surface area contributed by atoms with Gasteiger partial charge in [-0.3, -0.25) is 14.4 Å². The van der Waals surface area contributed by atoms with E-state index >= 15 is 0 Å². The summed E-state index contributed by atoms with van der Waals surface area (Å²) < 4.78 is 5.78. The van der Waals surface area contributed by atoms with Crippen LogP contribution in [0.15, 0.2) is 28.7 Å². The average molecular weight is 368 g/mol. The Bertz CT molecular complexity index is 907. The zero-order valence-corrected chi connectivity index (χ0v) is 16.1. The van der Waals surface area contributed by atoms with Crippen LogP contribution in [0.2, 0.25) is 0 Å². The molecular formula is C21H24N2O4. The smallest absolute Gasteiger partial charge is 0.287 e. The molecule has 3 rings (SSSR count). The number of amides is 2. The van der Waals surface area contributed by atoms with Gasteiger partial charge in [0.25, 0.3) is 5.91 Å². The minimum atomic E-state index is -0.335. The van der Waals surface area contributed by atoms with Crippen molar-refractivity contribution >= 4 is 23.3 Å². The van der Waals surface area contributed by atoms with Gasteiger partial charge >= 0.3 is 0 Å². The third-order valence-electron chi connectivity index (χ3n) is 4.71. The largest absolute Gasteiger partial charge is 0.455 e. The van der Waals surface area contributed by atoms with Gasteiger partial charge in [0.15, 0.2) is 11.5 Å². The van der Waals surface area contributed by atoms with Crippen LogP contribution >= 0.6 is 0 Å². The van der Waals surface area contributed by atoms with Crippen LogP contribution in [0.5, 0.6) is 0 Å². The molecule has 2 N–H and O–H groups in total. The Kier molecular flexibility index (Phi) is 4.91. The van der Waals surface area contributed by atoms with Crippen molar-refractivity contribution in [2.45, 2.75) is 47.1 Å². The number of hydrogen-bond donors (Lipinski definition) is 2. The van der Waals surface area contributed by atoms with Crippen molar-refractivity contribution in [2.24, 2.45) is 5.41 Å². The highest BCUT2D eigenvalue weighted by molar-refractivity contribution is 6.03. The molecule has 0 unspecified atom stereocenters. The minimum Gasteiger partial charge on any atom is -0.455 e. The minimum absolute atomic E-state index is 0.0371. The number of fused-ring (bicyclic) bond motifs is 1. The fourth-order valence-electron chi connectivity index (χ4n) is 3.47. The maximum atomic E-state index is 12.6. The van der Waals surface area contributed by atoms with Gasteiger partial charge in [0, 0.05) is 37.6 Å². The number of ketones is 1. The third-order valence-corrected chi connectivity index (χ3v) is 4.71. The summed E-state index contributed by atoms with van der Waals surface area (Å²) in [5, 5.41) is 5.53. The van der Waals surface area contributed by atoms with Crippen LogP contribution in [0.3, 0.4) is 0 Å². The molecule has 6 heteroatoms. The first kappa shape index (κ1) is 18.9. The summed E-state index contributed by atoms with van der Waals surface area (Å²) in [5.74, 6) is 0.388. The summed E-state index contributed by atoms with van der Waals surface area (Å²) in [4.78, 5) is 36.0. The van der Waals surface area contributed by atoms with Gasteiger partial charge in [0.05, 0.1) is 5.56 Å². The zero-order chi connectivity index (χ0) is 19.8. The maximum Gasteiger partial charge on any atom is 0.287 e. The Morgan fingerprint density at radius 1 is 1.15 bits per heavy atom. The van der Waals surface area contributed by atoms with E-state index in [0.717, 1.165) is 5.56 Å². The highest BCUT2D eigenvalue weighted by atomic mass is 16.4. The number of anilines is 1. The van der Waals surface area contributed by atoms with Gasteiger partial charge in [0.2, 0.25) is 5.91 Å². The first-order valence-corrected chi connectivity index (χ1v) is 8.96. The van der Waals surface area contributed by atoms with Crippen LogP contribution in [0, 0.1) is 12.3 Å². The molecule has 0 fully saturated rings.